The lowest BCUT2D eigenvalue weighted by molar-refractivity contribution is -0.146. The Hall–Kier alpha value is -3.85. The Kier molecular flexibility index (Phi) is 9.63. The SMILES string of the molecule is CC1CC2CC(C1)C(NC(=O)c1cnc(-c3cn(C4CCC(F)(F)CC4)c4cc(OC5CCN(C6CCOC6)CC5)ccc34)nc1C(F)(F)F)(C(=O)O)C2. The number of aromatic nitrogens is 3. The highest BCUT2D eigenvalue weighted by molar-refractivity contribution is 6.00. The smallest absolute Gasteiger partial charge is 0.434 e. The molecule has 2 aliphatic heterocycles. The van der Waals surface area contributed by atoms with E-state index in [0.29, 0.717) is 35.5 Å². The normalized spacial score (nSPS) is 29.4. The second-order valence-corrected chi connectivity index (χ2v) is 16.4. The maximum absolute atomic E-state index is 14.7. The first-order valence-corrected chi connectivity index (χ1v) is 19.2. The molecule has 5 fully saturated rings. The quantitative estimate of drug-likeness (QED) is 0.227. The molecule has 2 N–H and O–H groups in total. The third kappa shape index (κ3) is 7.06. The number of piperidine rings is 1. The summed E-state index contributed by atoms with van der Waals surface area (Å²) >= 11 is 0. The number of carboxylic acid groups (broad SMARTS) is 1. The van der Waals surface area contributed by atoms with Crippen molar-refractivity contribution in [2.75, 3.05) is 26.3 Å². The number of nitrogens with zero attached hydrogens (tertiary/aromatic N) is 4. The van der Waals surface area contributed by atoms with E-state index >= 15 is 0 Å². The summed E-state index contributed by atoms with van der Waals surface area (Å²) in [5.74, 6) is -5.06. The van der Waals surface area contributed by atoms with E-state index in [1.165, 1.54) is 0 Å². The van der Waals surface area contributed by atoms with Gasteiger partial charge in [0.05, 0.1) is 17.7 Å². The maximum Gasteiger partial charge on any atom is 0.434 e. The average Bonchev–Trinajstić information content (AvgIpc) is 3.85. The van der Waals surface area contributed by atoms with Crippen LogP contribution in [0.3, 0.4) is 0 Å². The number of nitrogens with one attached hydrogen (secondary N) is 1. The van der Waals surface area contributed by atoms with Crippen LogP contribution in [0.4, 0.5) is 22.0 Å². The second-order valence-electron chi connectivity index (χ2n) is 16.4. The van der Waals surface area contributed by atoms with Crippen molar-refractivity contribution < 1.29 is 46.1 Å². The zero-order chi connectivity index (χ0) is 38.0. The molecule has 1 aromatic carbocycles. The Morgan fingerprint density at radius 1 is 1.04 bits per heavy atom. The predicted molar refractivity (Wildman–Crippen MR) is 187 cm³/mol. The molecular formula is C39H46F5N5O5. The molecule has 0 radical (unpaired) electrons. The molecule has 0 spiro atoms. The Morgan fingerprint density at radius 2 is 1.80 bits per heavy atom. The number of carboxylic acids is 1. The number of likely N-dealkylation sites (tertiary alicyclic amines) is 1. The number of hydrogen-bond donors (Lipinski definition) is 2. The molecule has 5 aliphatic rings. The van der Waals surface area contributed by atoms with Gasteiger partial charge in [0, 0.05) is 74.0 Å². The van der Waals surface area contributed by atoms with Crippen molar-refractivity contribution in [2.24, 2.45) is 17.8 Å². The lowest BCUT2D eigenvalue weighted by Crippen LogP contribution is -2.57. The molecule has 292 valence electrons. The van der Waals surface area contributed by atoms with Gasteiger partial charge < -0.3 is 24.5 Å². The highest BCUT2D eigenvalue weighted by atomic mass is 19.4. The summed E-state index contributed by atoms with van der Waals surface area (Å²) in [6, 6.07) is 5.36. The van der Waals surface area contributed by atoms with E-state index in [0.717, 1.165) is 58.2 Å². The van der Waals surface area contributed by atoms with Gasteiger partial charge in [0.2, 0.25) is 5.92 Å². The molecule has 2 aromatic heterocycles. The summed E-state index contributed by atoms with van der Waals surface area (Å²) in [5.41, 5.74) is -3.17. The van der Waals surface area contributed by atoms with Gasteiger partial charge in [0.1, 0.15) is 17.4 Å². The van der Waals surface area contributed by atoms with E-state index in [2.05, 4.69) is 20.2 Å². The van der Waals surface area contributed by atoms with Crippen LogP contribution >= 0.6 is 0 Å². The fraction of sp³-hybridized carbons (Fsp3) is 0.641. The summed E-state index contributed by atoms with van der Waals surface area (Å²) < 4.78 is 86.4. The highest BCUT2D eigenvalue weighted by Gasteiger charge is 2.56. The van der Waals surface area contributed by atoms with E-state index in [1.807, 2.05) is 11.5 Å². The van der Waals surface area contributed by atoms with Gasteiger partial charge >= 0.3 is 12.1 Å². The van der Waals surface area contributed by atoms with E-state index in [9.17, 15) is 36.6 Å². The Balaban J connectivity index is 1.11. The highest BCUT2D eigenvalue weighted by Crippen LogP contribution is 2.51. The number of amides is 1. The molecular weight excluding hydrogens is 713 g/mol. The average molecular weight is 760 g/mol. The first-order chi connectivity index (χ1) is 25.7. The Labute approximate surface area is 309 Å². The zero-order valence-corrected chi connectivity index (χ0v) is 30.2. The molecule has 15 heteroatoms. The van der Waals surface area contributed by atoms with Crippen molar-refractivity contribution in [1.82, 2.24) is 24.8 Å². The predicted octanol–water partition coefficient (Wildman–Crippen LogP) is 7.51. The number of aliphatic carboxylic acids is 1. The van der Waals surface area contributed by atoms with Gasteiger partial charge in [-0.3, -0.25) is 9.69 Å². The first-order valence-electron chi connectivity index (χ1n) is 19.2. The molecule has 2 saturated heterocycles. The summed E-state index contributed by atoms with van der Waals surface area (Å²) in [6.45, 7) is 5.28. The van der Waals surface area contributed by atoms with Gasteiger partial charge in [0.25, 0.3) is 5.91 Å². The molecule has 1 amide bonds. The number of hydrogen-bond acceptors (Lipinski definition) is 7. The van der Waals surface area contributed by atoms with Gasteiger partial charge in [-0.1, -0.05) is 6.92 Å². The van der Waals surface area contributed by atoms with Crippen LogP contribution in [0.25, 0.3) is 22.3 Å². The number of fused-ring (bicyclic) bond motifs is 3. The molecule has 4 heterocycles. The van der Waals surface area contributed by atoms with Crippen LogP contribution in [0.2, 0.25) is 0 Å². The molecule has 8 rings (SSSR count). The van der Waals surface area contributed by atoms with Crippen LogP contribution in [0.5, 0.6) is 5.75 Å². The van der Waals surface area contributed by atoms with Crippen molar-refractivity contribution in [3.63, 3.8) is 0 Å². The number of ether oxygens (including phenoxy) is 2. The van der Waals surface area contributed by atoms with Crippen LogP contribution in [0.1, 0.15) is 99.6 Å². The number of rotatable bonds is 8. The number of halogens is 5. The van der Waals surface area contributed by atoms with Crippen molar-refractivity contribution in [3.05, 3.63) is 41.9 Å². The summed E-state index contributed by atoms with van der Waals surface area (Å²) in [4.78, 5) is 36.8. The van der Waals surface area contributed by atoms with Gasteiger partial charge in [0.15, 0.2) is 11.5 Å². The minimum Gasteiger partial charge on any atom is -0.490 e. The second kappa shape index (κ2) is 14.0. The first kappa shape index (κ1) is 37.1. The third-order valence-corrected chi connectivity index (χ3v) is 12.7. The van der Waals surface area contributed by atoms with Crippen LogP contribution in [-0.4, -0.2) is 86.3 Å². The number of carbonyl (C=O) groups excluding carboxylic acids is 1. The Morgan fingerprint density at radius 3 is 2.48 bits per heavy atom. The van der Waals surface area contributed by atoms with E-state index in [1.54, 1.807) is 24.4 Å². The van der Waals surface area contributed by atoms with Crippen LogP contribution in [-0.2, 0) is 15.7 Å². The molecule has 5 atom stereocenters. The minimum atomic E-state index is -5.07. The molecule has 3 aliphatic carbocycles. The van der Waals surface area contributed by atoms with Crippen LogP contribution in [0.15, 0.2) is 30.6 Å². The molecule has 5 unspecified atom stereocenters. The van der Waals surface area contributed by atoms with Gasteiger partial charge in [-0.2, -0.15) is 13.2 Å². The van der Waals surface area contributed by atoms with Gasteiger partial charge in [-0.05, 0) is 87.7 Å². The van der Waals surface area contributed by atoms with Crippen molar-refractivity contribution in [3.8, 4) is 17.1 Å². The van der Waals surface area contributed by atoms with Crippen molar-refractivity contribution in [2.45, 2.75) is 113 Å². The standard InChI is InChI=1S/C39H46F5N5O5/c1-22-14-23-16-24(15-22)38(18-23,36(51)52)47-35(50)30-19-45-34(46-33(30)39(42,43)44)31-20-49(25-4-9-37(40,41)10-5-25)32-17-28(2-3-29(31)32)54-27-6-11-48(12-7-27)26-8-13-53-21-26/h2-3,17,19-20,22-27H,4-16,18,21H2,1H3,(H,47,50)(H,51,52). The maximum atomic E-state index is 14.7. The minimum absolute atomic E-state index is 0.0407. The lowest BCUT2D eigenvalue weighted by Gasteiger charge is -2.35. The molecule has 54 heavy (non-hydrogen) atoms. The van der Waals surface area contributed by atoms with Crippen LogP contribution < -0.4 is 10.1 Å². The van der Waals surface area contributed by atoms with E-state index in [-0.39, 0.29) is 67.5 Å². The fourth-order valence-electron chi connectivity index (χ4n) is 10.0. The van der Waals surface area contributed by atoms with Crippen molar-refractivity contribution in [1.29, 1.82) is 0 Å². The summed E-state index contributed by atoms with van der Waals surface area (Å²) in [5, 5.41) is 13.3. The number of alkyl halides is 5. The van der Waals surface area contributed by atoms with Gasteiger partial charge in [-0.25, -0.2) is 23.5 Å². The summed E-state index contributed by atoms with van der Waals surface area (Å²) in [6.07, 6.45) is 1.76. The number of carbonyl (C=O) groups is 2. The van der Waals surface area contributed by atoms with E-state index < -0.39 is 46.7 Å². The lowest BCUT2D eigenvalue weighted by atomic mass is 9.78. The zero-order valence-electron chi connectivity index (χ0n) is 30.2. The monoisotopic (exact) mass is 759 g/mol. The van der Waals surface area contributed by atoms with Gasteiger partial charge in [-0.15, -0.1) is 0 Å². The van der Waals surface area contributed by atoms with E-state index in [4.69, 9.17) is 9.47 Å². The summed E-state index contributed by atoms with van der Waals surface area (Å²) in [7, 11) is 0. The Bertz CT molecular complexity index is 1900. The molecule has 2 bridgehead atoms. The largest absolute Gasteiger partial charge is 0.490 e. The van der Waals surface area contributed by atoms with Crippen molar-refractivity contribution >= 4 is 22.8 Å². The van der Waals surface area contributed by atoms with Crippen LogP contribution in [0, 0.1) is 17.8 Å². The fourth-order valence-corrected chi connectivity index (χ4v) is 10.0. The number of benzene rings is 1. The molecule has 3 aromatic rings. The topological polar surface area (TPSA) is 119 Å². The molecule has 3 saturated carbocycles. The third-order valence-electron chi connectivity index (χ3n) is 12.7. The molecule has 10 nitrogen and oxygen atoms in total.